The van der Waals surface area contributed by atoms with Gasteiger partial charge in [-0.15, -0.1) is 0 Å². The van der Waals surface area contributed by atoms with Crippen molar-refractivity contribution in [1.82, 2.24) is 9.78 Å². The minimum atomic E-state index is -0.458. The molecule has 140 valence electrons. The van der Waals surface area contributed by atoms with Gasteiger partial charge >= 0.3 is 13.2 Å². The highest BCUT2D eigenvalue weighted by Crippen LogP contribution is 2.36. The lowest BCUT2D eigenvalue weighted by molar-refractivity contribution is 0.00578. The molecule has 0 aliphatic carbocycles. The molecule has 1 saturated heterocycles. The zero-order valence-electron chi connectivity index (χ0n) is 16.6. The van der Waals surface area contributed by atoms with E-state index in [0.717, 1.165) is 22.1 Å². The van der Waals surface area contributed by atoms with Crippen molar-refractivity contribution in [3.8, 4) is 0 Å². The summed E-state index contributed by atoms with van der Waals surface area (Å²) in [5, 5.41) is 5.24. The van der Waals surface area contributed by atoms with Gasteiger partial charge in [-0.25, -0.2) is 4.79 Å². The number of ether oxygens (including phenoxy) is 1. The van der Waals surface area contributed by atoms with Gasteiger partial charge < -0.3 is 14.0 Å². The molecule has 0 bridgehead atoms. The molecule has 1 aliphatic heterocycles. The Morgan fingerprint density at radius 3 is 2.42 bits per heavy atom. The van der Waals surface area contributed by atoms with Gasteiger partial charge in [-0.3, -0.25) is 0 Å². The van der Waals surface area contributed by atoms with Crippen LogP contribution in [-0.4, -0.2) is 40.8 Å². The summed E-state index contributed by atoms with van der Waals surface area (Å²) in [6.07, 6.45) is -0.458. The first-order chi connectivity index (χ1) is 12.0. The standard InChI is InChI=1S/C19H27BN2O4/c1-12(2)11-24-17(23)22-16-9-8-14(10-15(16)13(3)21-22)20-25-18(4,5)19(6,7)26-20/h8-10,12H,11H2,1-7H3. The number of aryl methyl sites for hydroxylation is 1. The molecule has 6 nitrogen and oxygen atoms in total. The van der Waals surface area contributed by atoms with E-state index in [1.165, 1.54) is 4.68 Å². The fraction of sp³-hybridized carbons (Fsp3) is 0.579. The van der Waals surface area contributed by atoms with E-state index in [9.17, 15) is 4.79 Å². The molecule has 2 heterocycles. The van der Waals surface area contributed by atoms with Gasteiger partial charge in [-0.05, 0) is 52.1 Å². The Hall–Kier alpha value is -1.86. The van der Waals surface area contributed by atoms with E-state index in [-0.39, 0.29) is 5.92 Å². The van der Waals surface area contributed by atoms with Crippen molar-refractivity contribution in [1.29, 1.82) is 0 Å². The maximum absolute atomic E-state index is 12.3. The summed E-state index contributed by atoms with van der Waals surface area (Å²) in [6, 6.07) is 5.76. The Bertz CT molecular complexity index is 825. The van der Waals surface area contributed by atoms with Gasteiger partial charge in [0.15, 0.2) is 0 Å². The summed E-state index contributed by atoms with van der Waals surface area (Å²) in [4.78, 5) is 12.3. The van der Waals surface area contributed by atoms with Gasteiger partial charge in [0.2, 0.25) is 0 Å². The SMILES string of the molecule is Cc1nn(C(=O)OCC(C)C)c2ccc(B3OC(C)(C)C(C)(C)O3)cc12. The quantitative estimate of drug-likeness (QED) is 0.788. The molecule has 0 radical (unpaired) electrons. The van der Waals surface area contributed by atoms with Crippen molar-refractivity contribution >= 4 is 29.6 Å². The predicted octanol–water partition coefficient (Wildman–Crippen LogP) is 3.28. The molecule has 0 N–H and O–H groups in total. The highest BCUT2D eigenvalue weighted by Gasteiger charge is 2.51. The average Bonchev–Trinajstić information content (AvgIpc) is 2.98. The first-order valence-corrected chi connectivity index (χ1v) is 9.04. The topological polar surface area (TPSA) is 62.6 Å². The molecule has 0 unspecified atom stereocenters. The molecule has 3 rings (SSSR count). The number of hydrogen-bond acceptors (Lipinski definition) is 5. The van der Waals surface area contributed by atoms with E-state index < -0.39 is 24.4 Å². The lowest BCUT2D eigenvalue weighted by atomic mass is 9.78. The first-order valence-electron chi connectivity index (χ1n) is 9.04. The Labute approximate surface area is 154 Å². The molecular weight excluding hydrogens is 331 g/mol. The second-order valence-corrected chi connectivity index (χ2v) is 8.33. The number of aromatic nitrogens is 2. The van der Waals surface area contributed by atoms with Crippen molar-refractivity contribution in [3.63, 3.8) is 0 Å². The third-order valence-electron chi connectivity index (χ3n) is 5.13. The zero-order valence-corrected chi connectivity index (χ0v) is 16.6. The lowest BCUT2D eigenvalue weighted by Crippen LogP contribution is -2.41. The number of benzene rings is 1. The van der Waals surface area contributed by atoms with Crippen molar-refractivity contribution in [2.45, 2.75) is 59.7 Å². The van der Waals surface area contributed by atoms with Crippen LogP contribution in [-0.2, 0) is 14.0 Å². The van der Waals surface area contributed by atoms with E-state index >= 15 is 0 Å². The average molecular weight is 358 g/mol. The number of carbonyl (C=O) groups excluding carboxylic acids is 1. The summed E-state index contributed by atoms with van der Waals surface area (Å²) in [5.41, 5.74) is 1.60. The van der Waals surface area contributed by atoms with Crippen LogP contribution in [0, 0.1) is 12.8 Å². The Morgan fingerprint density at radius 1 is 1.23 bits per heavy atom. The number of nitrogens with zero attached hydrogens (tertiary/aromatic N) is 2. The van der Waals surface area contributed by atoms with Crippen molar-refractivity contribution < 1.29 is 18.8 Å². The molecule has 0 atom stereocenters. The van der Waals surface area contributed by atoms with E-state index in [0.29, 0.717) is 6.61 Å². The minimum Gasteiger partial charge on any atom is -0.448 e. The molecule has 0 spiro atoms. The lowest BCUT2D eigenvalue weighted by Gasteiger charge is -2.32. The molecular formula is C19H27BN2O4. The van der Waals surface area contributed by atoms with Crippen LogP contribution in [0.3, 0.4) is 0 Å². The molecule has 0 saturated carbocycles. The van der Waals surface area contributed by atoms with Crippen LogP contribution in [0.1, 0.15) is 47.2 Å². The van der Waals surface area contributed by atoms with Gasteiger partial charge in [0.05, 0.1) is 29.0 Å². The first kappa shape index (κ1) is 18.9. The molecule has 1 aliphatic rings. The molecule has 1 fully saturated rings. The van der Waals surface area contributed by atoms with Crippen LogP contribution in [0.25, 0.3) is 10.9 Å². The molecule has 7 heteroatoms. The Kier molecular flexibility index (Phi) is 4.65. The Balaban J connectivity index is 1.91. The maximum atomic E-state index is 12.3. The van der Waals surface area contributed by atoms with Gasteiger partial charge in [-0.1, -0.05) is 26.0 Å². The fourth-order valence-electron chi connectivity index (χ4n) is 2.85. The normalized spacial score (nSPS) is 18.7. The smallest absolute Gasteiger partial charge is 0.448 e. The van der Waals surface area contributed by atoms with Gasteiger partial charge in [0.1, 0.15) is 0 Å². The summed E-state index contributed by atoms with van der Waals surface area (Å²) in [6.45, 7) is 14.3. The number of fused-ring (bicyclic) bond motifs is 1. The van der Waals surface area contributed by atoms with Crippen LogP contribution >= 0.6 is 0 Å². The van der Waals surface area contributed by atoms with Crippen LogP contribution in [0.4, 0.5) is 4.79 Å². The van der Waals surface area contributed by atoms with Gasteiger partial charge in [-0.2, -0.15) is 9.78 Å². The minimum absolute atomic E-state index is 0.275. The van der Waals surface area contributed by atoms with Gasteiger partial charge in [0, 0.05) is 5.39 Å². The van der Waals surface area contributed by atoms with Crippen molar-refractivity contribution in [2.75, 3.05) is 6.61 Å². The van der Waals surface area contributed by atoms with E-state index in [1.807, 2.05) is 66.7 Å². The number of carbonyl (C=O) groups is 1. The predicted molar refractivity (Wildman–Crippen MR) is 102 cm³/mol. The summed E-state index contributed by atoms with van der Waals surface area (Å²) < 4.78 is 18.9. The molecule has 26 heavy (non-hydrogen) atoms. The highest BCUT2D eigenvalue weighted by molar-refractivity contribution is 6.62. The van der Waals surface area contributed by atoms with Crippen molar-refractivity contribution in [3.05, 3.63) is 23.9 Å². The summed E-state index contributed by atoms with van der Waals surface area (Å²) in [7, 11) is -0.444. The molecule has 2 aromatic rings. The fourth-order valence-corrected chi connectivity index (χ4v) is 2.85. The molecule has 1 aromatic heterocycles. The summed E-state index contributed by atoms with van der Waals surface area (Å²) >= 11 is 0. The van der Waals surface area contributed by atoms with Crippen LogP contribution in [0.5, 0.6) is 0 Å². The third kappa shape index (κ3) is 3.26. The molecule has 0 amide bonds. The largest absolute Gasteiger partial charge is 0.494 e. The maximum Gasteiger partial charge on any atom is 0.494 e. The van der Waals surface area contributed by atoms with Crippen molar-refractivity contribution in [2.24, 2.45) is 5.92 Å². The number of hydrogen-bond donors (Lipinski definition) is 0. The van der Waals surface area contributed by atoms with Crippen LogP contribution in [0.15, 0.2) is 18.2 Å². The van der Waals surface area contributed by atoms with Gasteiger partial charge in [0.25, 0.3) is 0 Å². The second-order valence-electron chi connectivity index (χ2n) is 8.33. The zero-order chi connectivity index (χ0) is 19.3. The third-order valence-corrected chi connectivity index (χ3v) is 5.13. The number of rotatable bonds is 3. The van der Waals surface area contributed by atoms with Crippen LogP contribution in [0.2, 0.25) is 0 Å². The van der Waals surface area contributed by atoms with E-state index in [2.05, 4.69) is 5.10 Å². The van der Waals surface area contributed by atoms with E-state index in [4.69, 9.17) is 14.0 Å². The van der Waals surface area contributed by atoms with E-state index in [1.54, 1.807) is 0 Å². The highest BCUT2D eigenvalue weighted by atomic mass is 16.7. The summed E-state index contributed by atoms with van der Waals surface area (Å²) in [5.74, 6) is 0.275. The Morgan fingerprint density at radius 2 is 1.85 bits per heavy atom. The van der Waals surface area contributed by atoms with Crippen LogP contribution < -0.4 is 5.46 Å². The second kappa shape index (κ2) is 6.39. The monoisotopic (exact) mass is 358 g/mol. The molecule has 1 aromatic carbocycles.